The fourth-order valence-electron chi connectivity index (χ4n) is 3.28. The maximum atomic E-state index is 13.3. The van der Waals surface area contributed by atoms with Gasteiger partial charge in [-0.1, -0.05) is 38.3 Å². The first-order valence-electron chi connectivity index (χ1n) is 9.85. The van der Waals surface area contributed by atoms with E-state index >= 15 is 0 Å². The Morgan fingerprint density at radius 1 is 1.03 bits per heavy atom. The molecule has 4 nitrogen and oxygen atoms in total. The van der Waals surface area contributed by atoms with Crippen molar-refractivity contribution in [3.05, 3.63) is 54.1 Å². The molecule has 0 bridgehead atoms. The number of pyridine rings is 1. The van der Waals surface area contributed by atoms with Gasteiger partial charge in [0.2, 0.25) is 0 Å². The Kier molecular flexibility index (Phi) is 6.79. The van der Waals surface area contributed by atoms with Crippen LogP contribution in [0, 0.1) is 0 Å². The van der Waals surface area contributed by atoms with Crippen molar-refractivity contribution in [3.8, 4) is 11.3 Å². The molecule has 0 aliphatic carbocycles. The summed E-state index contributed by atoms with van der Waals surface area (Å²) < 4.78 is 40.0. The number of rotatable bonds is 8. The molecule has 0 amide bonds. The van der Waals surface area contributed by atoms with Gasteiger partial charge in [-0.05, 0) is 38.2 Å². The normalized spacial score (nSPS) is 12.1. The van der Waals surface area contributed by atoms with Crippen LogP contribution < -0.4 is 0 Å². The molecular weight excluding hydrogens is 377 g/mol. The van der Waals surface area contributed by atoms with Crippen LogP contribution in [-0.2, 0) is 12.7 Å². The highest BCUT2D eigenvalue weighted by atomic mass is 19.4. The lowest BCUT2D eigenvalue weighted by Crippen LogP contribution is -2.20. The van der Waals surface area contributed by atoms with Gasteiger partial charge >= 0.3 is 6.18 Å². The molecular formula is C22H25F3N4. The third-order valence-electron chi connectivity index (χ3n) is 4.82. The minimum absolute atomic E-state index is 0.0879. The van der Waals surface area contributed by atoms with Crippen LogP contribution in [0.2, 0.25) is 0 Å². The SMILES string of the molecule is CCCCCCN(C)Cc1ncc2ccc(-c3ncccc3C(F)(F)F)cc2n1. The minimum Gasteiger partial charge on any atom is -0.299 e. The number of fused-ring (bicyclic) bond motifs is 1. The number of nitrogens with zero attached hydrogens (tertiary/aromatic N) is 4. The number of aromatic nitrogens is 3. The molecule has 0 spiro atoms. The monoisotopic (exact) mass is 402 g/mol. The van der Waals surface area contributed by atoms with Gasteiger partial charge in [0, 0.05) is 23.3 Å². The molecule has 0 aliphatic heterocycles. The van der Waals surface area contributed by atoms with E-state index in [0.717, 1.165) is 24.4 Å². The quantitative estimate of drug-likeness (QED) is 0.452. The number of halogens is 3. The Morgan fingerprint density at radius 2 is 1.86 bits per heavy atom. The first-order valence-corrected chi connectivity index (χ1v) is 9.85. The van der Waals surface area contributed by atoms with Gasteiger partial charge < -0.3 is 0 Å². The van der Waals surface area contributed by atoms with Crippen LogP contribution in [0.1, 0.15) is 44.0 Å². The van der Waals surface area contributed by atoms with Crippen molar-refractivity contribution in [1.29, 1.82) is 0 Å². The molecule has 2 aromatic heterocycles. The molecule has 154 valence electrons. The maximum Gasteiger partial charge on any atom is 0.418 e. The lowest BCUT2D eigenvalue weighted by molar-refractivity contribution is -0.137. The molecule has 7 heteroatoms. The van der Waals surface area contributed by atoms with E-state index in [9.17, 15) is 13.2 Å². The summed E-state index contributed by atoms with van der Waals surface area (Å²) in [7, 11) is 2.03. The smallest absolute Gasteiger partial charge is 0.299 e. The molecule has 0 saturated carbocycles. The highest BCUT2D eigenvalue weighted by Crippen LogP contribution is 2.36. The summed E-state index contributed by atoms with van der Waals surface area (Å²) in [6, 6.07) is 7.36. The van der Waals surface area contributed by atoms with Gasteiger partial charge in [0.05, 0.1) is 23.3 Å². The van der Waals surface area contributed by atoms with Crippen molar-refractivity contribution in [2.24, 2.45) is 0 Å². The average Bonchev–Trinajstić information content (AvgIpc) is 2.70. The lowest BCUT2D eigenvalue weighted by Gasteiger charge is -2.16. The predicted octanol–water partition coefficient (Wildman–Crippen LogP) is 5.72. The molecule has 0 unspecified atom stereocenters. The summed E-state index contributed by atoms with van der Waals surface area (Å²) >= 11 is 0. The number of hydrogen-bond donors (Lipinski definition) is 0. The second-order valence-corrected chi connectivity index (χ2v) is 7.26. The summed E-state index contributed by atoms with van der Waals surface area (Å²) in [6.45, 7) is 3.75. The zero-order valence-corrected chi connectivity index (χ0v) is 16.7. The number of benzene rings is 1. The molecule has 0 aliphatic rings. The second kappa shape index (κ2) is 9.31. The lowest BCUT2D eigenvalue weighted by atomic mass is 10.0. The van der Waals surface area contributed by atoms with Crippen LogP contribution in [0.5, 0.6) is 0 Å². The topological polar surface area (TPSA) is 41.9 Å². The fourth-order valence-corrected chi connectivity index (χ4v) is 3.28. The van der Waals surface area contributed by atoms with Gasteiger partial charge in [-0.2, -0.15) is 13.2 Å². The number of alkyl halides is 3. The van der Waals surface area contributed by atoms with Gasteiger partial charge in [0.1, 0.15) is 5.82 Å². The number of unbranched alkanes of at least 4 members (excludes halogenated alkanes) is 3. The van der Waals surface area contributed by atoms with Crippen molar-refractivity contribution in [3.63, 3.8) is 0 Å². The Bertz CT molecular complexity index is 956. The molecule has 1 aromatic carbocycles. The van der Waals surface area contributed by atoms with Crippen molar-refractivity contribution in [2.75, 3.05) is 13.6 Å². The largest absolute Gasteiger partial charge is 0.418 e. The van der Waals surface area contributed by atoms with Gasteiger partial charge in [0.15, 0.2) is 0 Å². The molecule has 3 aromatic rings. The van der Waals surface area contributed by atoms with Crippen LogP contribution in [0.15, 0.2) is 42.7 Å². The summed E-state index contributed by atoms with van der Waals surface area (Å²) in [6.07, 6.45) is 3.39. The van der Waals surface area contributed by atoms with E-state index in [1.807, 2.05) is 7.05 Å². The molecule has 3 rings (SSSR count). The maximum absolute atomic E-state index is 13.3. The first kappa shape index (κ1) is 21.2. The summed E-state index contributed by atoms with van der Waals surface area (Å²) in [5, 5.41) is 0.785. The molecule has 2 heterocycles. The van der Waals surface area contributed by atoms with Crippen LogP contribution in [0.25, 0.3) is 22.2 Å². The van der Waals surface area contributed by atoms with Gasteiger partial charge in [0.25, 0.3) is 0 Å². The molecule has 0 N–H and O–H groups in total. The highest BCUT2D eigenvalue weighted by Gasteiger charge is 2.34. The molecule has 0 saturated heterocycles. The highest BCUT2D eigenvalue weighted by molar-refractivity contribution is 5.83. The van der Waals surface area contributed by atoms with E-state index in [0.29, 0.717) is 23.4 Å². The molecule has 0 atom stereocenters. The van der Waals surface area contributed by atoms with E-state index in [1.54, 1.807) is 24.4 Å². The third kappa shape index (κ3) is 5.50. The molecule has 0 fully saturated rings. The standard InChI is InChI=1S/C22H25F3N4/c1-3-4-5-6-12-29(2)15-20-27-14-17-10-9-16(13-19(17)28-20)21-18(22(23,24)25)8-7-11-26-21/h7-11,13-14H,3-6,12,15H2,1-2H3. The van der Waals surface area contributed by atoms with Gasteiger partial charge in [-0.3, -0.25) is 9.88 Å². The van der Waals surface area contributed by atoms with Gasteiger partial charge in [-0.15, -0.1) is 0 Å². The average molecular weight is 402 g/mol. The van der Waals surface area contributed by atoms with Crippen molar-refractivity contribution < 1.29 is 13.2 Å². The van der Waals surface area contributed by atoms with Crippen LogP contribution in [0.3, 0.4) is 0 Å². The van der Waals surface area contributed by atoms with E-state index in [2.05, 4.69) is 26.8 Å². The van der Waals surface area contributed by atoms with E-state index < -0.39 is 11.7 Å². The van der Waals surface area contributed by atoms with Crippen LogP contribution >= 0.6 is 0 Å². The fraction of sp³-hybridized carbons (Fsp3) is 0.409. The third-order valence-corrected chi connectivity index (χ3v) is 4.82. The van der Waals surface area contributed by atoms with E-state index in [1.165, 1.54) is 31.5 Å². The molecule has 29 heavy (non-hydrogen) atoms. The van der Waals surface area contributed by atoms with Gasteiger partial charge in [-0.25, -0.2) is 9.97 Å². The van der Waals surface area contributed by atoms with E-state index in [-0.39, 0.29) is 5.69 Å². The summed E-state index contributed by atoms with van der Waals surface area (Å²) in [5.41, 5.74) is 0.171. The predicted molar refractivity (Wildman–Crippen MR) is 108 cm³/mol. The Morgan fingerprint density at radius 3 is 2.62 bits per heavy atom. The summed E-state index contributed by atoms with van der Waals surface area (Å²) in [5.74, 6) is 0.657. The molecule has 0 radical (unpaired) electrons. The summed E-state index contributed by atoms with van der Waals surface area (Å²) in [4.78, 5) is 15.1. The second-order valence-electron chi connectivity index (χ2n) is 7.26. The Balaban J connectivity index is 1.83. The number of hydrogen-bond acceptors (Lipinski definition) is 4. The van der Waals surface area contributed by atoms with Crippen LogP contribution in [0.4, 0.5) is 13.2 Å². The zero-order valence-electron chi connectivity index (χ0n) is 16.7. The van der Waals surface area contributed by atoms with Crippen molar-refractivity contribution in [2.45, 2.75) is 45.3 Å². The van der Waals surface area contributed by atoms with Crippen molar-refractivity contribution >= 4 is 10.9 Å². The van der Waals surface area contributed by atoms with Crippen LogP contribution in [-0.4, -0.2) is 33.4 Å². The zero-order chi connectivity index (χ0) is 20.9. The minimum atomic E-state index is -4.46. The first-order chi connectivity index (χ1) is 13.9. The van der Waals surface area contributed by atoms with Crippen molar-refractivity contribution in [1.82, 2.24) is 19.9 Å². The Hall–Kier alpha value is -2.54. The van der Waals surface area contributed by atoms with E-state index in [4.69, 9.17) is 0 Å². The Labute approximate surface area is 168 Å².